The Bertz CT molecular complexity index is 577. The normalized spacial score (nSPS) is 10.4. The summed E-state index contributed by atoms with van der Waals surface area (Å²) in [4.78, 5) is 0. The van der Waals surface area contributed by atoms with Crippen LogP contribution in [0.25, 0.3) is 0 Å². The highest BCUT2D eigenvalue weighted by Gasteiger charge is 2.07. The van der Waals surface area contributed by atoms with Crippen molar-refractivity contribution in [3.63, 3.8) is 0 Å². The number of nitrogens with two attached hydrogens (primary N) is 1. The van der Waals surface area contributed by atoms with Crippen molar-refractivity contribution in [2.45, 2.75) is 6.54 Å². The van der Waals surface area contributed by atoms with Crippen LogP contribution in [-0.4, -0.2) is 0 Å². The van der Waals surface area contributed by atoms with E-state index in [-0.39, 0.29) is 5.75 Å². The molecule has 0 aromatic heterocycles. The van der Waals surface area contributed by atoms with Gasteiger partial charge in [-0.15, -0.1) is 0 Å². The van der Waals surface area contributed by atoms with Gasteiger partial charge < -0.3 is 10.5 Å². The Hall–Kier alpha value is -1.10. The van der Waals surface area contributed by atoms with Crippen LogP contribution in [0, 0.1) is 5.82 Å². The Morgan fingerprint density at radius 2 is 2.00 bits per heavy atom. The third kappa shape index (κ3) is 3.02. The van der Waals surface area contributed by atoms with Gasteiger partial charge in [0.2, 0.25) is 0 Å². The zero-order valence-electron chi connectivity index (χ0n) is 9.29. The van der Waals surface area contributed by atoms with Crippen LogP contribution in [0.1, 0.15) is 5.56 Å². The van der Waals surface area contributed by atoms with Crippen molar-refractivity contribution in [3.05, 3.63) is 57.3 Å². The maximum Gasteiger partial charge on any atom is 0.166 e. The van der Waals surface area contributed by atoms with Crippen LogP contribution in [-0.2, 0) is 6.54 Å². The molecule has 0 saturated heterocycles. The van der Waals surface area contributed by atoms with Gasteiger partial charge in [0.15, 0.2) is 11.6 Å². The molecule has 0 bridgehead atoms. The van der Waals surface area contributed by atoms with Crippen LogP contribution >= 0.6 is 27.5 Å². The summed E-state index contributed by atoms with van der Waals surface area (Å²) in [6.45, 7) is 0.353. The highest BCUT2D eigenvalue weighted by atomic mass is 79.9. The Kier molecular flexibility index (Phi) is 4.22. The van der Waals surface area contributed by atoms with Gasteiger partial charge in [-0.2, -0.15) is 0 Å². The van der Waals surface area contributed by atoms with E-state index in [0.717, 1.165) is 5.56 Å². The molecule has 0 heterocycles. The molecule has 18 heavy (non-hydrogen) atoms. The second-order valence-corrected chi connectivity index (χ2v) is 4.96. The predicted octanol–water partition coefficient (Wildman–Crippen LogP) is 4.49. The smallest absolute Gasteiger partial charge is 0.166 e. The quantitative estimate of drug-likeness (QED) is 0.899. The van der Waals surface area contributed by atoms with Crippen LogP contribution in [0.5, 0.6) is 11.5 Å². The van der Waals surface area contributed by atoms with Crippen molar-refractivity contribution in [3.8, 4) is 11.5 Å². The molecule has 0 spiro atoms. The Morgan fingerprint density at radius 3 is 2.61 bits per heavy atom. The lowest BCUT2D eigenvalue weighted by Crippen LogP contribution is -1.97. The van der Waals surface area contributed by atoms with E-state index in [1.165, 1.54) is 6.07 Å². The van der Waals surface area contributed by atoms with Crippen molar-refractivity contribution in [2.75, 3.05) is 0 Å². The molecular weight excluding hydrogens is 321 g/mol. The Balaban J connectivity index is 2.26. The molecule has 94 valence electrons. The fourth-order valence-electron chi connectivity index (χ4n) is 1.44. The summed E-state index contributed by atoms with van der Waals surface area (Å²) >= 11 is 9.18. The largest absolute Gasteiger partial charge is 0.454 e. The summed E-state index contributed by atoms with van der Waals surface area (Å²) in [5.41, 5.74) is 6.32. The number of halogens is 3. The third-order valence-corrected chi connectivity index (χ3v) is 3.21. The van der Waals surface area contributed by atoms with Gasteiger partial charge in [0.1, 0.15) is 5.75 Å². The highest BCUT2D eigenvalue weighted by Crippen LogP contribution is 2.29. The lowest BCUT2D eigenvalue weighted by molar-refractivity contribution is 0.442. The molecule has 0 radical (unpaired) electrons. The zero-order valence-corrected chi connectivity index (χ0v) is 11.6. The van der Waals surface area contributed by atoms with Crippen LogP contribution in [0.4, 0.5) is 4.39 Å². The molecule has 0 aliphatic heterocycles. The Labute approximate surface area is 118 Å². The monoisotopic (exact) mass is 329 g/mol. The minimum Gasteiger partial charge on any atom is -0.454 e. The Morgan fingerprint density at radius 1 is 1.22 bits per heavy atom. The van der Waals surface area contributed by atoms with Crippen LogP contribution in [0.3, 0.4) is 0 Å². The lowest BCUT2D eigenvalue weighted by atomic mass is 10.2. The van der Waals surface area contributed by atoms with Crippen molar-refractivity contribution >= 4 is 27.5 Å². The summed E-state index contributed by atoms with van der Waals surface area (Å²) in [7, 11) is 0. The van der Waals surface area contributed by atoms with Gasteiger partial charge in [0.25, 0.3) is 0 Å². The van der Waals surface area contributed by atoms with E-state index in [1.54, 1.807) is 30.3 Å². The molecule has 0 aliphatic rings. The molecule has 2 rings (SSSR count). The molecular formula is C13H10BrClFNO. The van der Waals surface area contributed by atoms with Crippen molar-refractivity contribution < 1.29 is 9.13 Å². The molecule has 2 nitrogen and oxygen atoms in total. The van der Waals surface area contributed by atoms with Crippen LogP contribution in [0.15, 0.2) is 40.9 Å². The van der Waals surface area contributed by atoms with E-state index >= 15 is 0 Å². The molecule has 0 aliphatic carbocycles. The summed E-state index contributed by atoms with van der Waals surface area (Å²) in [6.07, 6.45) is 0. The molecule has 0 fully saturated rings. The summed E-state index contributed by atoms with van der Waals surface area (Å²) in [6, 6.07) is 9.67. The van der Waals surface area contributed by atoms with E-state index in [4.69, 9.17) is 22.1 Å². The molecule has 5 heteroatoms. The summed E-state index contributed by atoms with van der Waals surface area (Å²) in [5.74, 6) is 0.177. The first-order valence-electron chi connectivity index (χ1n) is 5.21. The van der Waals surface area contributed by atoms with Gasteiger partial charge in [-0.05, 0) is 35.9 Å². The van der Waals surface area contributed by atoms with E-state index in [1.807, 2.05) is 0 Å². The minimum absolute atomic E-state index is 0.148. The standard InChI is InChI=1S/C13H10BrClFNO/c14-9-2-4-13(12(16)5-9)18-10-3-1-8(7-17)11(15)6-10/h1-6H,7,17H2. The fourth-order valence-corrected chi connectivity index (χ4v) is 2.02. The third-order valence-electron chi connectivity index (χ3n) is 2.37. The van der Waals surface area contributed by atoms with Crippen molar-refractivity contribution in [1.29, 1.82) is 0 Å². The average molecular weight is 331 g/mol. The van der Waals surface area contributed by atoms with Gasteiger partial charge in [0, 0.05) is 16.0 Å². The molecule has 0 amide bonds. The summed E-state index contributed by atoms with van der Waals surface area (Å²) in [5, 5.41) is 0.507. The maximum atomic E-state index is 13.6. The van der Waals surface area contributed by atoms with E-state index in [2.05, 4.69) is 15.9 Å². The first kappa shape index (κ1) is 13.3. The van der Waals surface area contributed by atoms with E-state index < -0.39 is 5.82 Å². The van der Waals surface area contributed by atoms with Gasteiger partial charge in [-0.3, -0.25) is 0 Å². The predicted molar refractivity (Wildman–Crippen MR) is 73.5 cm³/mol. The van der Waals surface area contributed by atoms with Crippen LogP contribution in [0.2, 0.25) is 5.02 Å². The lowest BCUT2D eigenvalue weighted by Gasteiger charge is -2.09. The zero-order chi connectivity index (χ0) is 13.1. The number of hydrogen-bond acceptors (Lipinski definition) is 2. The minimum atomic E-state index is -0.441. The second-order valence-electron chi connectivity index (χ2n) is 3.63. The SMILES string of the molecule is NCc1ccc(Oc2ccc(Br)cc2F)cc1Cl. The average Bonchev–Trinajstić information content (AvgIpc) is 2.33. The van der Waals surface area contributed by atoms with Crippen molar-refractivity contribution in [2.24, 2.45) is 5.73 Å². The molecule has 0 saturated carbocycles. The van der Waals surface area contributed by atoms with Crippen molar-refractivity contribution in [1.82, 2.24) is 0 Å². The fraction of sp³-hybridized carbons (Fsp3) is 0.0769. The van der Waals surface area contributed by atoms with E-state index in [0.29, 0.717) is 21.8 Å². The number of ether oxygens (including phenoxy) is 1. The molecule has 2 N–H and O–H groups in total. The number of hydrogen-bond donors (Lipinski definition) is 1. The van der Waals surface area contributed by atoms with Gasteiger partial charge >= 0.3 is 0 Å². The first-order valence-corrected chi connectivity index (χ1v) is 6.38. The highest BCUT2D eigenvalue weighted by molar-refractivity contribution is 9.10. The van der Waals surface area contributed by atoms with Gasteiger partial charge in [-0.25, -0.2) is 4.39 Å². The summed E-state index contributed by atoms with van der Waals surface area (Å²) < 4.78 is 19.7. The number of rotatable bonds is 3. The second kappa shape index (κ2) is 5.69. The van der Waals surface area contributed by atoms with Gasteiger partial charge in [0.05, 0.1) is 0 Å². The topological polar surface area (TPSA) is 35.2 Å². The molecule has 0 atom stereocenters. The molecule has 0 unspecified atom stereocenters. The van der Waals surface area contributed by atoms with Gasteiger partial charge in [-0.1, -0.05) is 33.6 Å². The number of benzene rings is 2. The molecule has 2 aromatic carbocycles. The first-order chi connectivity index (χ1) is 8.60. The van der Waals surface area contributed by atoms with E-state index in [9.17, 15) is 4.39 Å². The maximum absolute atomic E-state index is 13.6. The van der Waals surface area contributed by atoms with Crippen LogP contribution < -0.4 is 10.5 Å². The molecule has 2 aromatic rings.